The first-order valence-electron chi connectivity index (χ1n) is 5.97. The first-order chi connectivity index (χ1) is 9.88. The molecular weight excluding hydrogens is 294 g/mol. The Morgan fingerprint density at radius 1 is 1.43 bits per heavy atom. The number of aromatic hydroxyl groups is 1. The van der Waals surface area contributed by atoms with Crippen molar-refractivity contribution in [3.63, 3.8) is 0 Å². The minimum atomic E-state index is -1.24. The third kappa shape index (κ3) is 3.36. The lowest BCUT2D eigenvalue weighted by molar-refractivity contribution is 0.0693. The Balaban J connectivity index is 2.15. The molecule has 1 aromatic carbocycles. The highest BCUT2D eigenvalue weighted by atomic mass is 32.1. The Labute approximate surface area is 124 Å². The van der Waals surface area contributed by atoms with Crippen molar-refractivity contribution in [3.8, 4) is 5.75 Å². The zero-order valence-electron chi connectivity index (χ0n) is 11.0. The van der Waals surface area contributed by atoms with Crippen LogP contribution in [0.25, 0.3) is 0 Å². The average molecular weight is 307 g/mol. The molecule has 7 nitrogen and oxygen atoms in total. The van der Waals surface area contributed by atoms with Crippen molar-refractivity contribution < 1.29 is 19.8 Å². The fraction of sp³-hybridized carbons (Fsp3) is 0.154. The summed E-state index contributed by atoms with van der Waals surface area (Å²) in [5.74, 6) is -2.12. The molecule has 8 heteroatoms. The number of phenols is 1. The fourth-order valence-electron chi connectivity index (χ4n) is 1.59. The molecule has 0 fully saturated rings. The maximum Gasteiger partial charge on any atom is 0.339 e. The fourth-order valence-corrected chi connectivity index (χ4v) is 2.34. The SMILES string of the molecule is CC(N)c1nc(C(=O)Nc2ccc(C(=O)O)c(O)c2)cs1. The molecule has 0 radical (unpaired) electrons. The largest absolute Gasteiger partial charge is 0.507 e. The maximum absolute atomic E-state index is 12.0. The summed E-state index contributed by atoms with van der Waals surface area (Å²) >= 11 is 1.28. The van der Waals surface area contributed by atoms with E-state index >= 15 is 0 Å². The summed E-state index contributed by atoms with van der Waals surface area (Å²) in [7, 11) is 0. The number of carbonyl (C=O) groups excluding carboxylic acids is 1. The van der Waals surface area contributed by atoms with Crippen LogP contribution in [0.3, 0.4) is 0 Å². The number of nitrogens with one attached hydrogen (secondary N) is 1. The number of aromatic nitrogens is 1. The van der Waals surface area contributed by atoms with Gasteiger partial charge in [-0.3, -0.25) is 4.79 Å². The lowest BCUT2D eigenvalue weighted by Gasteiger charge is -2.05. The average Bonchev–Trinajstić information content (AvgIpc) is 2.88. The van der Waals surface area contributed by atoms with E-state index in [4.69, 9.17) is 10.8 Å². The van der Waals surface area contributed by atoms with Crippen molar-refractivity contribution in [1.82, 2.24) is 4.98 Å². The van der Waals surface area contributed by atoms with Crippen molar-refractivity contribution in [2.24, 2.45) is 5.73 Å². The summed E-state index contributed by atoms with van der Waals surface area (Å²) in [5.41, 5.74) is 5.93. The second kappa shape index (κ2) is 5.90. The minimum absolute atomic E-state index is 0.217. The van der Waals surface area contributed by atoms with Crippen LogP contribution >= 0.6 is 11.3 Å². The van der Waals surface area contributed by atoms with Gasteiger partial charge in [0.15, 0.2) is 0 Å². The van der Waals surface area contributed by atoms with Gasteiger partial charge in [0, 0.05) is 17.1 Å². The molecule has 1 atom stereocenters. The third-order valence-corrected chi connectivity index (χ3v) is 3.68. The summed E-state index contributed by atoms with van der Waals surface area (Å²) in [4.78, 5) is 26.8. The molecule has 1 heterocycles. The zero-order chi connectivity index (χ0) is 15.6. The zero-order valence-corrected chi connectivity index (χ0v) is 11.8. The summed E-state index contributed by atoms with van der Waals surface area (Å²) < 4.78 is 0. The number of amides is 1. The lowest BCUT2D eigenvalue weighted by atomic mass is 10.2. The van der Waals surface area contributed by atoms with E-state index in [1.54, 1.807) is 12.3 Å². The Kier molecular flexibility index (Phi) is 4.20. The molecule has 2 rings (SSSR count). The van der Waals surface area contributed by atoms with Gasteiger partial charge in [0.2, 0.25) is 0 Å². The second-order valence-corrected chi connectivity index (χ2v) is 5.24. The van der Waals surface area contributed by atoms with Gasteiger partial charge in [-0.25, -0.2) is 9.78 Å². The molecule has 0 aliphatic rings. The molecule has 0 saturated heterocycles. The van der Waals surface area contributed by atoms with Crippen LogP contribution in [0.1, 0.15) is 38.8 Å². The minimum Gasteiger partial charge on any atom is -0.507 e. The number of aromatic carboxylic acids is 1. The number of anilines is 1. The summed E-state index contributed by atoms with van der Waals surface area (Å²) in [6.45, 7) is 1.77. The van der Waals surface area contributed by atoms with Crippen LogP contribution in [0.15, 0.2) is 23.6 Å². The predicted molar refractivity (Wildman–Crippen MR) is 77.7 cm³/mol. The summed E-state index contributed by atoms with van der Waals surface area (Å²) in [5, 5.41) is 23.1. The second-order valence-electron chi connectivity index (χ2n) is 4.35. The number of hydrogen-bond donors (Lipinski definition) is 4. The van der Waals surface area contributed by atoms with Crippen LogP contribution in [0.4, 0.5) is 5.69 Å². The molecule has 110 valence electrons. The van der Waals surface area contributed by atoms with Gasteiger partial charge >= 0.3 is 5.97 Å². The number of rotatable bonds is 4. The van der Waals surface area contributed by atoms with Gasteiger partial charge in [0.25, 0.3) is 5.91 Å². The highest BCUT2D eigenvalue weighted by molar-refractivity contribution is 7.09. The van der Waals surface area contributed by atoms with Gasteiger partial charge in [-0.05, 0) is 19.1 Å². The Hall–Kier alpha value is -2.45. The highest BCUT2D eigenvalue weighted by Crippen LogP contribution is 2.23. The van der Waals surface area contributed by atoms with Crippen molar-refractivity contribution in [3.05, 3.63) is 39.8 Å². The lowest BCUT2D eigenvalue weighted by Crippen LogP contribution is -2.13. The van der Waals surface area contributed by atoms with Crippen LogP contribution in [0.5, 0.6) is 5.75 Å². The van der Waals surface area contributed by atoms with Gasteiger partial charge in [-0.2, -0.15) is 0 Å². The van der Waals surface area contributed by atoms with Crippen LogP contribution in [0.2, 0.25) is 0 Å². The molecule has 0 bridgehead atoms. The van der Waals surface area contributed by atoms with Crippen molar-refractivity contribution in [1.29, 1.82) is 0 Å². The molecule has 5 N–H and O–H groups in total. The van der Waals surface area contributed by atoms with E-state index in [1.807, 2.05) is 0 Å². The van der Waals surface area contributed by atoms with Gasteiger partial charge in [0.05, 0.1) is 6.04 Å². The van der Waals surface area contributed by atoms with Gasteiger partial charge in [-0.15, -0.1) is 11.3 Å². The molecule has 1 aromatic heterocycles. The first-order valence-corrected chi connectivity index (χ1v) is 6.85. The number of hydrogen-bond acceptors (Lipinski definition) is 6. The number of carboxylic acid groups (broad SMARTS) is 1. The number of benzene rings is 1. The topological polar surface area (TPSA) is 126 Å². The van der Waals surface area contributed by atoms with E-state index in [0.29, 0.717) is 5.01 Å². The number of carbonyl (C=O) groups is 2. The molecule has 0 aliphatic heterocycles. The molecular formula is C13H13N3O4S. The Bertz CT molecular complexity index is 696. The van der Waals surface area contributed by atoms with E-state index in [2.05, 4.69) is 10.3 Å². The normalized spacial score (nSPS) is 11.9. The van der Waals surface area contributed by atoms with Gasteiger partial charge in [0.1, 0.15) is 22.0 Å². The smallest absolute Gasteiger partial charge is 0.339 e. The van der Waals surface area contributed by atoms with Crippen LogP contribution in [0, 0.1) is 0 Å². The van der Waals surface area contributed by atoms with E-state index in [1.165, 1.54) is 29.5 Å². The number of nitrogens with two attached hydrogens (primary N) is 1. The van der Waals surface area contributed by atoms with Gasteiger partial charge < -0.3 is 21.3 Å². The standard InChI is InChI=1S/C13H13N3O4S/c1-6(14)12-16-9(5-21-12)11(18)15-7-2-3-8(13(19)20)10(17)4-7/h2-6,17H,14H2,1H3,(H,15,18)(H,19,20). The maximum atomic E-state index is 12.0. The number of nitrogens with zero attached hydrogens (tertiary/aromatic N) is 1. The van der Waals surface area contributed by atoms with E-state index in [0.717, 1.165) is 0 Å². The molecule has 1 unspecified atom stereocenters. The van der Waals surface area contributed by atoms with E-state index in [-0.39, 0.29) is 23.0 Å². The molecule has 0 spiro atoms. The van der Waals surface area contributed by atoms with Crippen molar-refractivity contribution >= 4 is 28.9 Å². The van der Waals surface area contributed by atoms with Crippen LogP contribution < -0.4 is 11.1 Å². The van der Waals surface area contributed by atoms with Crippen LogP contribution in [-0.2, 0) is 0 Å². The van der Waals surface area contributed by atoms with Crippen molar-refractivity contribution in [2.45, 2.75) is 13.0 Å². The number of thiazole rings is 1. The molecule has 0 aliphatic carbocycles. The first kappa shape index (κ1) is 14.9. The summed E-state index contributed by atoms with van der Waals surface area (Å²) in [6.07, 6.45) is 0. The van der Waals surface area contributed by atoms with Gasteiger partial charge in [-0.1, -0.05) is 0 Å². The predicted octanol–water partition coefficient (Wildman–Crippen LogP) is 1.82. The third-order valence-electron chi connectivity index (χ3n) is 2.63. The Morgan fingerprint density at radius 3 is 2.67 bits per heavy atom. The Morgan fingerprint density at radius 2 is 2.14 bits per heavy atom. The highest BCUT2D eigenvalue weighted by Gasteiger charge is 2.15. The van der Waals surface area contributed by atoms with Crippen molar-refractivity contribution in [2.75, 3.05) is 5.32 Å². The molecule has 1 amide bonds. The van der Waals surface area contributed by atoms with E-state index in [9.17, 15) is 14.7 Å². The molecule has 2 aromatic rings. The van der Waals surface area contributed by atoms with E-state index < -0.39 is 17.6 Å². The summed E-state index contributed by atoms with van der Waals surface area (Å²) in [6, 6.07) is 3.51. The van der Waals surface area contributed by atoms with Crippen LogP contribution in [-0.4, -0.2) is 27.1 Å². The number of carboxylic acids is 1. The monoisotopic (exact) mass is 307 g/mol. The molecule has 0 saturated carbocycles. The quantitative estimate of drug-likeness (QED) is 0.682. The molecule has 21 heavy (non-hydrogen) atoms.